The molecule has 0 radical (unpaired) electrons. The summed E-state index contributed by atoms with van der Waals surface area (Å²) in [5.41, 5.74) is 10.6. The standard InChI is InChI=1S/C19H31NO/c1-5-21-19(11-9-14(2)10-12-19)18(20)13-17-15(3)7-6-8-16(17)4/h6-8,14,18H,5,9-13,20H2,1-4H3. The predicted molar refractivity (Wildman–Crippen MR) is 89.6 cm³/mol. The normalized spacial score (nSPS) is 27.6. The van der Waals surface area contributed by atoms with Crippen LogP contribution in [0.4, 0.5) is 0 Å². The van der Waals surface area contributed by atoms with E-state index in [2.05, 4.69) is 45.9 Å². The second-order valence-electron chi connectivity index (χ2n) is 6.86. The zero-order chi connectivity index (χ0) is 15.5. The molecule has 2 rings (SSSR count). The highest BCUT2D eigenvalue weighted by Crippen LogP contribution is 2.38. The van der Waals surface area contributed by atoms with Crippen LogP contribution in [-0.4, -0.2) is 18.2 Å². The van der Waals surface area contributed by atoms with Gasteiger partial charge in [0.05, 0.1) is 5.60 Å². The highest BCUT2D eigenvalue weighted by atomic mass is 16.5. The maximum Gasteiger partial charge on any atom is 0.0835 e. The van der Waals surface area contributed by atoms with Gasteiger partial charge in [0.15, 0.2) is 0 Å². The number of nitrogens with two attached hydrogens (primary N) is 1. The summed E-state index contributed by atoms with van der Waals surface area (Å²) in [6.45, 7) is 9.56. The first kappa shape index (κ1) is 16.5. The van der Waals surface area contributed by atoms with Crippen molar-refractivity contribution in [2.75, 3.05) is 6.61 Å². The van der Waals surface area contributed by atoms with Crippen molar-refractivity contribution in [1.82, 2.24) is 0 Å². The van der Waals surface area contributed by atoms with Crippen molar-refractivity contribution in [3.63, 3.8) is 0 Å². The second kappa shape index (κ2) is 6.93. The van der Waals surface area contributed by atoms with Crippen LogP contribution in [0.15, 0.2) is 18.2 Å². The molecule has 1 aromatic rings. The fraction of sp³-hybridized carbons (Fsp3) is 0.684. The molecule has 1 unspecified atom stereocenters. The maximum atomic E-state index is 6.66. The molecule has 118 valence electrons. The highest BCUT2D eigenvalue weighted by molar-refractivity contribution is 5.34. The zero-order valence-electron chi connectivity index (χ0n) is 14.1. The third-order valence-electron chi connectivity index (χ3n) is 5.30. The molecule has 1 aliphatic carbocycles. The summed E-state index contributed by atoms with van der Waals surface area (Å²) < 4.78 is 6.21. The lowest BCUT2D eigenvalue weighted by Crippen LogP contribution is -2.53. The summed E-state index contributed by atoms with van der Waals surface area (Å²) in [5.74, 6) is 0.811. The van der Waals surface area contributed by atoms with Gasteiger partial charge in [0.1, 0.15) is 0 Å². The van der Waals surface area contributed by atoms with Crippen molar-refractivity contribution in [1.29, 1.82) is 0 Å². The number of rotatable bonds is 5. The Morgan fingerprint density at radius 1 is 1.24 bits per heavy atom. The summed E-state index contributed by atoms with van der Waals surface area (Å²) >= 11 is 0. The van der Waals surface area contributed by atoms with Gasteiger partial charge in [-0.2, -0.15) is 0 Å². The van der Waals surface area contributed by atoms with E-state index in [1.165, 1.54) is 29.5 Å². The quantitative estimate of drug-likeness (QED) is 0.883. The van der Waals surface area contributed by atoms with Gasteiger partial charge in [-0.3, -0.25) is 0 Å². The lowest BCUT2D eigenvalue weighted by molar-refractivity contribution is -0.0883. The maximum absolute atomic E-state index is 6.66. The van der Waals surface area contributed by atoms with Crippen LogP contribution in [0.3, 0.4) is 0 Å². The summed E-state index contributed by atoms with van der Waals surface area (Å²) in [5, 5.41) is 0. The number of ether oxygens (including phenoxy) is 1. The molecule has 0 saturated heterocycles. The summed E-state index contributed by atoms with van der Waals surface area (Å²) in [6, 6.07) is 6.58. The van der Waals surface area contributed by atoms with E-state index in [9.17, 15) is 0 Å². The molecule has 0 aliphatic heterocycles. The van der Waals surface area contributed by atoms with Crippen molar-refractivity contribution < 1.29 is 4.74 Å². The average molecular weight is 289 g/mol. The van der Waals surface area contributed by atoms with E-state index in [4.69, 9.17) is 10.5 Å². The number of aryl methyl sites for hydroxylation is 2. The predicted octanol–water partition coefficient (Wildman–Crippen LogP) is 4.16. The Hall–Kier alpha value is -0.860. The Kier molecular flexibility index (Phi) is 5.45. The SMILES string of the molecule is CCOC1(C(N)Cc2c(C)cccc2C)CCC(C)CC1. The van der Waals surface area contributed by atoms with E-state index in [-0.39, 0.29) is 11.6 Å². The van der Waals surface area contributed by atoms with E-state index in [1.807, 2.05) is 0 Å². The first-order valence-corrected chi connectivity index (χ1v) is 8.43. The smallest absolute Gasteiger partial charge is 0.0835 e. The van der Waals surface area contributed by atoms with Crippen molar-refractivity contribution in [2.45, 2.75) is 71.4 Å². The van der Waals surface area contributed by atoms with Crippen molar-refractivity contribution in [3.8, 4) is 0 Å². The Balaban J connectivity index is 2.17. The Labute approximate surface area is 130 Å². The minimum atomic E-state index is -0.115. The highest BCUT2D eigenvalue weighted by Gasteiger charge is 2.40. The summed E-state index contributed by atoms with van der Waals surface area (Å²) in [4.78, 5) is 0. The Morgan fingerprint density at radius 3 is 2.33 bits per heavy atom. The largest absolute Gasteiger partial charge is 0.374 e. The molecule has 1 atom stereocenters. The summed E-state index contributed by atoms with van der Waals surface area (Å²) in [6.07, 6.45) is 5.61. The monoisotopic (exact) mass is 289 g/mol. The zero-order valence-corrected chi connectivity index (χ0v) is 14.1. The van der Waals surface area contributed by atoms with Crippen LogP contribution in [-0.2, 0) is 11.2 Å². The third kappa shape index (κ3) is 3.67. The van der Waals surface area contributed by atoms with Crippen molar-refractivity contribution >= 4 is 0 Å². The molecule has 0 amide bonds. The minimum absolute atomic E-state index is 0.0877. The van der Waals surface area contributed by atoms with Gasteiger partial charge >= 0.3 is 0 Å². The minimum Gasteiger partial charge on any atom is -0.374 e. The van der Waals surface area contributed by atoms with Crippen LogP contribution < -0.4 is 5.73 Å². The van der Waals surface area contributed by atoms with Crippen LogP contribution in [0.1, 0.15) is 56.2 Å². The fourth-order valence-electron chi connectivity index (χ4n) is 3.74. The molecule has 2 N–H and O–H groups in total. The van der Waals surface area contributed by atoms with E-state index in [1.54, 1.807) is 0 Å². The first-order valence-electron chi connectivity index (χ1n) is 8.43. The topological polar surface area (TPSA) is 35.2 Å². The number of hydrogen-bond acceptors (Lipinski definition) is 2. The van der Waals surface area contributed by atoms with E-state index in [0.717, 1.165) is 31.8 Å². The second-order valence-corrected chi connectivity index (χ2v) is 6.86. The van der Waals surface area contributed by atoms with Gasteiger partial charge in [0, 0.05) is 12.6 Å². The van der Waals surface area contributed by atoms with E-state index in [0.29, 0.717) is 0 Å². The molecule has 2 heteroatoms. The molecule has 1 saturated carbocycles. The van der Waals surface area contributed by atoms with Crippen LogP contribution in [0.25, 0.3) is 0 Å². The molecule has 1 aromatic carbocycles. The summed E-state index contributed by atoms with van der Waals surface area (Å²) in [7, 11) is 0. The van der Waals surface area contributed by atoms with Crippen LogP contribution >= 0.6 is 0 Å². The molecule has 1 fully saturated rings. The van der Waals surface area contributed by atoms with Gasteiger partial charge < -0.3 is 10.5 Å². The number of benzene rings is 1. The lowest BCUT2D eigenvalue weighted by Gasteiger charge is -2.43. The molecule has 21 heavy (non-hydrogen) atoms. The average Bonchev–Trinajstić information content (AvgIpc) is 2.46. The molecule has 2 nitrogen and oxygen atoms in total. The third-order valence-corrected chi connectivity index (χ3v) is 5.30. The van der Waals surface area contributed by atoms with Gasteiger partial charge in [-0.15, -0.1) is 0 Å². The van der Waals surface area contributed by atoms with Crippen molar-refractivity contribution in [3.05, 3.63) is 34.9 Å². The molecule has 0 spiro atoms. The number of hydrogen-bond donors (Lipinski definition) is 1. The van der Waals surface area contributed by atoms with Gasteiger partial charge in [-0.25, -0.2) is 0 Å². The molecule has 0 aromatic heterocycles. The fourth-order valence-corrected chi connectivity index (χ4v) is 3.74. The van der Waals surface area contributed by atoms with Gasteiger partial charge in [0.2, 0.25) is 0 Å². The van der Waals surface area contributed by atoms with Crippen molar-refractivity contribution in [2.24, 2.45) is 11.7 Å². The Bertz CT molecular complexity index is 440. The molecule has 0 bridgehead atoms. The van der Waals surface area contributed by atoms with E-state index >= 15 is 0 Å². The molecular formula is C19H31NO. The molecule has 1 aliphatic rings. The van der Waals surface area contributed by atoms with Gasteiger partial charge in [-0.1, -0.05) is 25.1 Å². The van der Waals surface area contributed by atoms with Gasteiger partial charge in [-0.05, 0) is 75.5 Å². The van der Waals surface area contributed by atoms with Crippen LogP contribution in [0, 0.1) is 19.8 Å². The molecule has 0 heterocycles. The van der Waals surface area contributed by atoms with E-state index < -0.39 is 0 Å². The Morgan fingerprint density at radius 2 is 1.81 bits per heavy atom. The first-order chi connectivity index (χ1) is 9.98. The lowest BCUT2D eigenvalue weighted by atomic mass is 9.73. The van der Waals surface area contributed by atoms with Gasteiger partial charge in [0.25, 0.3) is 0 Å². The molecular weight excluding hydrogens is 258 g/mol. The van der Waals surface area contributed by atoms with Crippen LogP contribution in [0.5, 0.6) is 0 Å². The van der Waals surface area contributed by atoms with Crippen LogP contribution in [0.2, 0.25) is 0 Å².